The first-order valence-corrected chi connectivity index (χ1v) is 11.7. The van der Waals surface area contributed by atoms with Crippen LogP contribution in [0.15, 0.2) is 72.8 Å². The molecule has 0 saturated carbocycles. The Balaban J connectivity index is 1.30. The third-order valence-corrected chi connectivity index (χ3v) is 7.20. The Morgan fingerprint density at radius 1 is 0.882 bits per heavy atom. The molecule has 0 atom stereocenters. The Hall–Kier alpha value is -3.09. The molecule has 1 saturated heterocycles. The average molecular weight is 455 g/mol. The highest BCUT2D eigenvalue weighted by atomic mass is 16.7. The largest absolute Gasteiger partial charge is 0.494 e. The van der Waals surface area contributed by atoms with Gasteiger partial charge in [-0.2, -0.15) is 0 Å². The smallest absolute Gasteiger partial charge is 0.436 e. The van der Waals surface area contributed by atoms with Crippen molar-refractivity contribution in [1.29, 1.82) is 0 Å². The zero-order valence-corrected chi connectivity index (χ0v) is 20.4. The first-order valence-electron chi connectivity index (χ1n) is 11.7. The van der Waals surface area contributed by atoms with Crippen molar-refractivity contribution in [2.24, 2.45) is 0 Å². The van der Waals surface area contributed by atoms with Crippen molar-refractivity contribution in [3.05, 3.63) is 89.5 Å². The molecule has 0 aromatic heterocycles. The van der Waals surface area contributed by atoms with Crippen LogP contribution in [0.25, 0.3) is 11.1 Å². The average Bonchev–Trinajstić information content (AvgIpc) is 3.24. The van der Waals surface area contributed by atoms with E-state index in [1.807, 2.05) is 88.4 Å². The van der Waals surface area contributed by atoms with E-state index < -0.39 is 24.4 Å². The first-order chi connectivity index (χ1) is 16.2. The molecule has 3 aromatic rings. The molecular weight excluding hydrogens is 425 g/mol. The van der Waals surface area contributed by atoms with Gasteiger partial charge < -0.3 is 18.9 Å². The van der Waals surface area contributed by atoms with Crippen LogP contribution in [0.2, 0.25) is 0 Å². The zero-order chi connectivity index (χ0) is 24.1. The fourth-order valence-corrected chi connectivity index (χ4v) is 4.58. The topological polar surface area (TPSA) is 48.0 Å². The van der Waals surface area contributed by atoms with Gasteiger partial charge in [-0.3, -0.25) is 0 Å². The van der Waals surface area contributed by atoms with Crippen molar-refractivity contribution in [1.82, 2.24) is 4.90 Å². The van der Waals surface area contributed by atoms with Crippen LogP contribution in [0.4, 0.5) is 4.79 Å². The van der Waals surface area contributed by atoms with Gasteiger partial charge in [-0.15, -0.1) is 0 Å². The predicted octanol–water partition coefficient (Wildman–Crippen LogP) is 5.32. The maximum Gasteiger partial charge on any atom is 0.494 e. The monoisotopic (exact) mass is 455 g/mol. The zero-order valence-electron chi connectivity index (χ0n) is 20.4. The number of rotatable bonds is 4. The van der Waals surface area contributed by atoms with Crippen molar-refractivity contribution >= 4 is 18.7 Å². The van der Waals surface area contributed by atoms with E-state index in [4.69, 9.17) is 14.0 Å². The van der Waals surface area contributed by atoms with E-state index in [-0.39, 0.29) is 6.09 Å². The number of hydrogen-bond donors (Lipinski definition) is 0. The number of amides is 1. The van der Waals surface area contributed by atoms with Gasteiger partial charge in [-0.1, -0.05) is 72.8 Å². The van der Waals surface area contributed by atoms with E-state index >= 15 is 0 Å². The minimum absolute atomic E-state index is 0.363. The fourth-order valence-electron chi connectivity index (χ4n) is 4.58. The highest BCUT2D eigenvalue weighted by Crippen LogP contribution is 2.45. The molecule has 2 aliphatic rings. The molecule has 5 rings (SSSR count). The summed E-state index contributed by atoms with van der Waals surface area (Å²) >= 11 is 0. The second-order valence-corrected chi connectivity index (χ2v) is 10.1. The second kappa shape index (κ2) is 8.29. The number of carbonyl (C=O) groups is 1. The highest BCUT2D eigenvalue weighted by Gasteiger charge is 2.51. The van der Waals surface area contributed by atoms with Crippen molar-refractivity contribution < 1.29 is 18.8 Å². The molecule has 1 fully saturated rings. The van der Waals surface area contributed by atoms with Crippen molar-refractivity contribution in [3.8, 4) is 11.1 Å². The van der Waals surface area contributed by atoms with Crippen LogP contribution < -0.4 is 5.46 Å². The number of nitrogens with zero attached hydrogens (tertiary/aromatic N) is 1. The van der Waals surface area contributed by atoms with E-state index in [1.54, 1.807) is 11.9 Å². The number of hydrogen-bond acceptors (Lipinski definition) is 4. The van der Waals surface area contributed by atoms with Gasteiger partial charge >= 0.3 is 13.2 Å². The van der Waals surface area contributed by atoms with Crippen LogP contribution in [-0.2, 0) is 20.6 Å². The third kappa shape index (κ3) is 3.91. The summed E-state index contributed by atoms with van der Waals surface area (Å²) in [6.45, 7) is 8.59. The molecule has 1 aliphatic carbocycles. The number of benzene rings is 3. The summed E-state index contributed by atoms with van der Waals surface area (Å²) in [5.41, 5.74) is 5.41. The van der Waals surface area contributed by atoms with Gasteiger partial charge in [0, 0.05) is 24.7 Å². The number of carbonyl (C=O) groups excluding carboxylic acids is 1. The Bertz CT molecular complexity index is 1180. The molecule has 0 N–H and O–H groups in total. The normalized spacial score (nSPS) is 17.9. The van der Waals surface area contributed by atoms with Crippen LogP contribution in [0.3, 0.4) is 0 Å². The van der Waals surface area contributed by atoms with E-state index in [9.17, 15) is 4.79 Å². The molecule has 3 aromatic carbocycles. The summed E-state index contributed by atoms with van der Waals surface area (Å²) in [7, 11) is 1.32. The summed E-state index contributed by atoms with van der Waals surface area (Å²) in [6.07, 6.45) is -0.768. The molecule has 5 nitrogen and oxygen atoms in total. The molecule has 34 heavy (non-hydrogen) atoms. The van der Waals surface area contributed by atoms with Crippen LogP contribution in [0.5, 0.6) is 0 Å². The van der Waals surface area contributed by atoms with Crippen LogP contribution in [0, 0.1) is 0 Å². The standard InChI is InChI=1S/C28H30BNO4/c1-27(2)28(3,4)34-29(33-27)20-12-10-11-19(17-20)18-30(5)26(31)32-25-23-15-8-6-13-21(23)22-14-7-9-16-24(22)25/h6-17,25H,18H2,1-5H3. The maximum absolute atomic E-state index is 13.1. The van der Waals surface area contributed by atoms with E-state index in [0.717, 1.165) is 33.3 Å². The second-order valence-electron chi connectivity index (χ2n) is 10.1. The maximum atomic E-state index is 13.1. The number of fused-ring (bicyclic) bond motifs is 3. The minimum atomic E-state index is -0.436. The quantitative estimate of drug-likeness (QED) is 0.500. The van der Waals surface area contributed by atoms with Crippen molar-refractivity contribution in [2.75, 3.05) is 7.05 Å². The number of ether oxygens (including phenoxy) is 1. The third-order valence-electron chi connectivity index (χ3n) is 7.20. The Labute approximate surface area is 201 Å². The molecule has 0 spiro atoms. The Morgan fingerprint density at radius 2 is 1.44 bits per heavy atom. The summed E-state index contributed by atoms with van der Waals surface area (Å²) < 4.78 is 18.4. The molecule has 0 radical (unpaired) electrons. The molecule has 1 aliphatic heterocycles. The molecule has 1 amide bonds. The van der Waals surface area contributed by atoms with Gasteiger partial charge in [-0.05, 0) is 49.8 Å². The van der Waals surface area contributed by atoms with Gasteiger partial charge in [0.2, 0.25) is 0 Å². The lowest BCUT2D eigenvalue weighted by Gasteiger charge is -2.32. The molecule has 0 unspecified atom stereocenters. The lowest BCUT2D eigenvalue weighted by molar-refractivity contribution is 0.00578. The van der Waals surface area contributed by atoms with Crippen LogP contribution in [0.1, 0.15) is 50.5 Å². The van der Waals surface area contributed by atoms with E-state index in [1.165, 1.54) is 0 Å². The predicted molar refractivity (Wildman–Crippen MR) is 134 cm³/mol. The highest BCUT2D eigenvalue weighted by molar-refractivity contribution is 6.62. The van der Waals surface area contributed by atoms with Crippen LogP contribution in [-0.4, -0.2) is 36.4 Å². The molecule has 0 bridgehead atoms. The van der Waals surface area contributed by atoms with Crippen LogP contribution >= 0.6 is 0 Å². The van der Waals surface area contributed by atoms with Gasteiger partial charge in [0.25, 0.3) is 0 Å². The SMILES string of the molecule is CN(Cc1cccc(B2OC(C)(C)C(C)(C)O2)c1)C(=O)OC1c2ccccc2-c2ccccc21. The van der Waals surface area contributed by atoms with Gasteiger partial charge in [0.1, 0.15) is 0 Å². The summed E-state index contributed by atoms with van der Waals surface area (Å²) in [5.74, 6) is 0. The van der Waals surface area contributed by atoms with Crippen molar-refractivity contribution in [2.45, 2.75) is 51.5 Å². The minimum Gasteiger partial charge on any atom is -0.436 e. The molecule has 174 valence electrons. The molecule has 1 heterocycles. The van der Waals surface area contributed by atoms with E-state index in [0.29, 0.717) is 6.54 Å². The fraction of sp³-hybridized carbons (Fsp3) is 0.321. The molecule has 6 heteroatoms. The lowest BCUT2D eigenvalue weighted by atomic mass is 9.78. The van der Waals surface area contributed by atoms with Gasteiger partial charge in [0.15, 0.2) is 6.10 Å². The molecular formula is C28H30BNO4. The Kier molecular flexibility index (Phi) is 5.54. The Morgan fingerprint density at radius 3 is 2.03 bits per heavy atom. The summed E-state index contributed by atoms with van der Waals surface area (Å²) in [4.78, 5) is 14.7. The first kappa shape index (κ1) is 22.7. The summed E-state index contributed by atoms with van der Waals surface area (Å²) in [5, 5.41) is 0. The summed E-state index contributed by atoms with van der Waals surface area (Å²) in [6, 6.07) is 24.2. The van der Waals surface area contributed by atoms with Gasteiger partial charge in [0.05, 0.1) is 11.2 Å². The lowest BCUT2D eigenvalue weighted by Crippen LogP contribution is -2.41. The van der Waals surface area contributed by atoms with Gasteiger partial charge in [-0.25, -0.2) is 4.79 Å². The van der Waals surface area contributed by atoms with E-state index in [2.05, 4.69) is 12.1 Å². The van der Waals surface area contributed by atoms with Crippen molar-refractivity contribution in [3.63, 3.8) is 0 Å².